The number of carbonyl (C=O) groups excluding carboxylic acids is 9. The molecule has 2 saturated heterocycles. The van der Waals surface area contributed by atoms with E-state index in [1.807, 2.05) is 18.2 Å². The zero-order chi connectivity index (χ0) is 67.2. The number of nitrogens with one attached hydrogen (secondary N) is 8. The van der Waals surface area contributed by atoms with Crippen LogP contribution in [0.1, 0.15) is 106 Å². The number of ketones is 1. The number of Topliss-reactive ketones (excluding diaryl/α,β-unsaturated/α-hetero) is 1. The number of aliphatic hydroxyl groups is 1. The third-order valence-electron chi connectivity index (χ3n) is 17.8. The first kappa shape index (κ1) is 70.0. The molecule has 8 amide bonds. The molecule has 4 aromatic carbocycles. The Morgan fingerprint density at radius 1 is 0.638 bits per heavy atom. The minimum absolute atomic E-state index is 0.0219. The number of halogens is 2. The first-order valence-electron chi connectivity index (χ1n) is 32.0. The number of phenols is 1. The first-order valence-corrected chi connectivity index (χ1v) is 34.3. The summed E-state index contributed by atoms with van der Waals surface area (Å²) in [7, 11) is 0. The highest BCUT2D eigenvalue weighted by atomic mass is 32.2. The fraction of sp³-hybridized carbons (Fsp3) is 0.456. The Morgan fingerprint density at radius 3 is 1.87 bits per heavy atom. The Balaban J connectivity index is 1.02. The number of benzene rings is 4. The second kappa shape index (κ2) is 32.2. The van der Waals surface area contributed by atoms with E-state index in [4.69, 9.17) is 5.73 Å². The number of aromatic nitrogens is 2. The topological polar surface area (TPSA) is 330 Å². The molecular formula is C68H83F2N11O11S2. The van der Waals surface area contributed by atoms with E-state index in [-0.39, 0.29) is 75.5 Å². The van der Waals surface area contributed by atoms with Crippen LogP contribution in [0.3, 0.4) is 0 Å². The smallest absolute Gasteiger partial charge is 0.246 e. The number of aliphatic hydroxyl groups excluding tert-OH is 1. The van der Waals surface area contributed by atoms with Gasteiger partial charge in [-0.1, -0.05) is 36.4 Å². The summed E-state index contributed by atoms with van der Waals surface area (Å²) in [6.45, 7) is 4.93. The third kappa shape index (κ3) is 17.7. The van der Waals surface area contributed by atoms with Crippen molar-refractivity contribution in [1.82, 2.24) is 51.7 Å². The summed E-state index contributed by atoms with van der Waals surface area (Å²) in [6, 6.07) is 12.4. The number of H-pyrrole nitrogens is 2. The first-order chi connectivity index (χ1) is 45.1. The molecule has 94 heavy (non-hydrogen) atoms. The lowest BCUT2D eigenvalue weighted by molar-refractivity contribution is -0.151. The monoisotopic (exact) mass is 1330 g/mol. The maximum atomic E-state index is 15.2. The second-order valence-corrected chi connectivity index (χ2v) is 26.9. The molecule has 5 heterocycles. The Kier molecular flexibility index (Phi) is 24.0. The minimum atomic E-state index is -1.70. The fourth-order valence-corrected chi connectivity index (χ4v) is 14.1. The van der Waals surface area contributed by atoms with Gasteiger partial charge in [0.05, 0.1) is 11.6 Å². The maximum absolute atomic E-state index is 15.2. The average Bonchev–Trinajstić information content (AvgIpc) is 1.46. The molecule has 0 unspecified atom stereocenters. The summed E-state index contributed by atoms with van der Waals surface area (Å²) in [6.07, 6.45) is 3.84. The Bertz CT molecular complexity index is 3740. The van der Waals surface area contributed by atoms with Gasteiger partial charge < -0.3 is 67.6 Å². The van der Waals surface area contributed by atoms with E-state index in [0.29, 0.717) is 100 Å². The molecule has 0 saturated carbocycles. The molecule has 9 atom stereocenters. The zero-order valence-electron chi connectivity index (χ0n) is 52.9. The predicted molar refractivity (Wildman–Crippen MR) is 355 cm³/mol. The van der Waals surface area contributed by atoms with Crippen LogP contribution in [0.15, 0.2) is 97.3 Å². The highest BCUT2D eigenvalue weighted by molar-refractivity contribution is 7.98. The van der Waals surface area contributed by atoms with Crippen LogP contribution in [0.2, 0.25) is 0 Å². The van der Waals surface area contributed by atoms with Crippen LogP contribution in [0.25, 0.3) is 21.8 Å². The number of rotatable bonds is 11. The van der Waals surface area contributed by atoms with Gasteiger partial charge in [0.25, 0.3) is 0 Å². The van der Waals surface area contributed by atoms with Gasteiger partial charge in [-0.15, -0.1) is 0 Å². The molecule has 22 nitrogen and oxygen atoms in total. The lowest BCUT2D eigenvalue weighted by Crippen LogP contribution is -2.66. The summed E-state index contributed by atoms with van der Waals surface area (Å²) in [5, 5.41) is 38.5. The summed E-state index contributed by atoms with van der Waals surface area (Å²) in [5.41, 5.74) is 9.05. The fourth-order valence-electron chi connectivity index (χ4n) is 12.3. The van der Waals surface area contributed by atoms with E-state index in [0.717, 1.165) is 11.1 Å². The standard InChI is InChI=1S/C68H83F2N11O11S2/c1-39-61(86)76-54(31-44-35-72-51-19-15-46(69)33-49(44)51)63(88)77-56(32-45-36-73-52-20-16-47(70)34-50(45)52)66(91)80-26-21-57(80)64(89)79-60(40(2)82)65(90)78-55(30-41-13-17-48(83)18-14-41)67(92)81-25-8-23-68(81,3)58(84)12-7-27-93-37-42-9-6-10-43(29-42)38-94-28-22-59(85)75-53(62(87)74-39)11-4-5-24-71/h6,9-10,13-20,29,33-36,39-40,53-57,60,72-73,82-83H,4-5,7-8,11-12,21-28,30-32,37-38,71H2,1-3H3,(H,74,87)(H,75,85)(H,76,86)(H,77,88)(H,78,90)(H,79,89)/t39-,40-,53+,54+,55+,56+,57+,60+,68+/m1/s1. The van der Waals surface area contributed by atoms with Gasteiger partial charge in [-0.2, -0.15) is 23.5 Å². The number of aromatic amines is 2. The largest absolute Gasteiger partial charge is 0.508 e. The number of amides is 8. The molecule has 502 valence electrons. The van der Waals surface area contributed by atoms with Crippen molar-refractivity contribution in [2.75, 3.05) is 31.1 Å². The number of unbranched alkanes of at least 4 members (excludes halogenated alkanes) is 1. The third-order valence-corrected chi connectivity index (χ3v) is 19.9. The van der Waals surface area contributed by atoms with E-state index in [1.165, 1.54) is 72.2 Å². The van der Waals surface area contributed by atoms with E-state index in [1.54, 1.807) is 55.0 Å². The lowest BCUT2D eigenvalue weighted by atomic mass is 9.89. The van der Waals surface area contributed by atoms with Crippen molar-refractivity contribution in [3.05, 3.63) is 137 Å². The van der Waals surface area contributed by atoms with Crippen LogP contribution in [-0.2, 0) is 73.9 Å². The van der Waals surface area contributed by atoms with Gasteiger partial charge in [0.2, 0.25) is 47.3 Å². The second-order valence-electron chi connectivity index (χ2n) is 24.7. The Morgan fingerprint density at radius 2 is 1.24 bits per heavy atom. The van der Waals surface area contributed by atoms with E-state index >= 15 is 9.59 Å². The number of carbonyl (C=O) groups is 9. The van der Waals surface area contributed by atoms with Crippen molar-refractivity contribution in [3.63, 3.8) is 0 Å². The zero-order valence-corrected chi connectivity index (χ0v) is 54.5. The summed E-state index contributed by atoms with van der Waals surface area (Å²) in [4.78, 5) is 139. The van der Waals surface area contributed by atoms with Crippen molar-refractivity contribution in [2.24, 2.45) is 5.73 Å². The van der Waals surface area contributed by atoms with E-state index in [2.05, 4.69) is 47.9 Å². The van der Waals surface area contributed by atoms with Gasteiger partial charge in [0, 0.05) is 96.7 Å². The summed E-state index contributed by atoms with van der Waals surface area (Å²) in [5.74, 6) is -4.95. The molecular weight excluding hydrogens is 1250 g/mol. The highest BCUT2D eigenvalue weighted by Crippen LogP contribution is 2.34. The maximum Gasteiger partial charge on any atom is 0.246 e. The Labute approximate surface area is 552 Å². The quantitative estimate of drug-likeness (QED) is 0.0761. The van der Waals surface area contributed by atoms with Crippen molar-refractivity contribution < 1.29 is 62.1 Å². The SMILES string of the molecule is C[C@H]1NC(=O)[C@H](CCCCN)NC(=O)CCSCc2cccc(c2)CSCCCC(=O)[C@]2(C)CCCN2C(=O)[C@H](Cc2ccc(O)cc2)NC(=O)[C@H]([C@@H](C)O)NC(=O)[C@@H]2CCN2C(=O)[C@H](Cc2c[nH]c3ccc(F)cc23)NC(=O)[C@H](Cc2c[nH]c3ccc(F)cc23)NC1=O. The number of thioether (sulfide) groups is 2. The highest BCUT2D eigenvalue weighted by Gasteiger charge is 2.48. The van der Waals surface area contributed by atoms with Crippen LogP contribution < -0.4 is 37.6 Å². The number of aromatic hydroxyl groups is 1. The summed E-state index contributed by atoms with van der Waals surface area (Å²) < 4.78 is 29.8. The minimum Gasteiger partial charge on any atom is -0.508 e. The number of hydrogen-bond acceptors (Lipinski definition) is 14. The molecule has 2 fully saturated rings. The van der Waals surface area contributed by atoms with E-state index < -0.39 is 107 Å². The number of hydrogen-bond donors (Lipinski definition) is 11. The predicted octanol–water partition coefficient (Wildman–Crippen LogP) is 5.00. The van der Waals surface area contributed by atoms with Gasteiger partial charge in [-0.3, -0.25) is 43.2 Å². The van der Waals surface area contributed by atoms with Crippen molar-refractivity contribution >= 4 is 98.4 Å². The molecule has 26 heteroatoms. The van der Waals surface area contributed by atoms with Gasteiger partial charge in [-0.25, -0.2) is 8.78 Å². The lowest BCUT2D eigenvalue weighted by Gasteiger charge is -2.42. The van der Waals surface area contributed by atoms with Crippen LogP contribution in [-0.4, -0.2) is 168 Å². The molecule has 6 aromatic rings. The molecule has 0 spiro atoms. The molecule has 9 rings (SSSR count). The van der Waals surface area contributed by atoms with Crippen molar-refractivity contribution in [1.29, 1.82) is 0 Å². The van der Waals surface area contributed by atoms with Gasteiger partial charge in [-0.05, 0) is 154 Å². The van der Waals surface area contributed by atoms with Crippen LogP contribution >= 0.6 is 23.5 Å². The molecule has 2 bridgehead atoms. The van der Waals surface area contributed by atoms with E-state index in [9.17, 15) is 52.6 Å². The summed E-state index contributed by atoms with van der Waals surface area (Å²) >= 11 is 3.22. The molecule has 3 aliphatic heterocycles. The molecule has 0 radical (unpaired) electrons. The van der Waals surface area contributed by atoms with Crippen molar-refractivity contribution in [2.45, 2.75) is 163 Å². The van der Waals surface area contributed by atoms with Crippen molar-refractivity contribution in [3.8, 4) is 5.75 Å². The Hall–Kier alpha value is -8.33. The average molecular weight is 1330 g/mol. The van der Waals surface area contributed by atoms with Gasteiger partial charge in [0.15, 0.2) is 5.78 Å². The molecule has 3 aliphatic rings. The molecule has 0 aliphatic carbocycles. The van der Waals surface area contributed by atoms with Gasteiger partial charge >= 0.3 is 0 Å². The normalized spacial score (nSPS) is 24.6. The van der Waals surface area contributed by atoms with Crippen LogP contribution in [0.4, 0.5) is 8.78 Å². The molecule has 12 N–H and O–H groups in total. The molecule has 2 aromatic heterocycles. The number of nitrogens with two attached hydrogens (primary N) is 1. The number of phenolic OH excluding ortho intramolecular Hbond substituents is 1. The van der Waals surface area contributed by atoms with Crippen LogP contribution in [0.5, 0.6) is 5.75 Å². The number of fused-ring (bicyclic) bond motifs is 6. The van der Waals surface area contributed by atoms with Crippen LogP contribution in [0, 0.1) is 11.6 Å². The number of nitrogens with zero attached hydrogens (tertiary/aromatic N) is 2. The van der Waals surface area contributed by atoms with Gasteiger partial charge in [0.1, 0.15) is 59.7 Å².